The number of para-hydroxylation sites is 4. The first-order chi connectivity index (χ1) is 31.5. The molecule has 65 heavy (non-hydrogen) atoms. The summed E-state index contributed by atoms with van der Waals surface area (Å²) in [6.45, 7) is 13.6. The number of anilines is 6. The van der Waals surface area contributed by atoms with Crippen LogP contribution in [-0.4, -0.2) is 0 Å². The molecular formula is C60H48N2O2S. The molecule has 3 aromatic heterocycles. The Labute approximate surface area is 382 Å². The van der Waals surface area contributed by atoms with Crippen molar-refractivity contribution in [3.63, 3.8) is 0 Å². The van der Waals surface area contributed by atoms with Gasteiger partial charge in [-0.3, -0.25) is 0 Å². The first kappa shape index (κ1) is 39.3. The van der Waals surface area contributed by atoms with Crippen molar-refractivity contribution in [2.45, 2.75) is 52.4 Å². The molecule has 3 heterocycles. The van der Waals surface area contributed by atoms with Crippen molar-refractivity contribution in [2.24, 2.45) is 0 Å². The van der Waals surface area contributed by atoms with Crippen LogP contribution in [0.5, 0.6) is 0 Å². The Hall–Kier alpha value is -7.34. The lowest BCUT2D eigenvalue weighted by atomic mass is 9.87. The first-order valence-corrected chi connectivity index (χ1v) is 23.4. The Balaban J connectivity index is 1.24. The van der Waals surface area contributed by atoms with Crippen LogP contribution in [0.1, 0.15) is 52.7 Å². The molecule has 0 unspecified atom stereocenters. The molecule has 0 saturated heterocycles. The maximum Gasteiger partial charge on any atom is 0.146 e. The fraction of sp³-hybridized carbons (Fsp3) is 0.133. The summed E-state index contributed by atoms with van der Waals surface area (Å²) in [5.41, 5.74) is 12.4. The van der Waals surface area contributed by atoms with Crippen molar-refractivity contribution in [2.75, 3.05) is 9.80 Å². The second-order valence-electron chi connectivity index (χ2n) is 19.4. The number of thiophene rings is 1. The van der Waals surface area contributed by atoms with Crippen molar-refractivity contribution in [3.05, 3.63) is 192 Å². The highest BCUT2D eigenvalue weighted by molar-refractivity contribution is 7.09. The van der Waals surface area contributed by atoms with E-state index in [1.807, 2.05) is 0 Å². The molecule has 0 amide bonds. The van der Waals surface area contributed by atoms with Crippen LogP contribution < -0.4 is 9.80 Å². The largest absolute Gasteiger partial charge is 0.455 e. The van der Waals surface area contributed by atoms with Crippen LogP contribution in [-0.2, 0) is 10.8 Å². The summed E-state index contributed by atoms with van der Waals surface area (Å²) >= 11 is 1.74. The summed E-state index contributed by atoms with van der Waals surface area (Å²) in [6.07, 6.45) is 0. The quantitative estimate of drug-likeness (QED) is 0.156. The van der Waals surface area contributed by atoms with Gasteiger partial charge in [0.25, 0.3) is 0 Å². The molecule has 0 fully saturated rings. The van der Waals surface area contributed by atoms with Gasteiger partial charge < -0.3 is 18.6 Å². The lowest BCUT2D eigenvalue weighted by molar-refractivity contribution is 0.590. The molecule has 0 N–H and O–H groups in total. The Bertz CT molecular complexity index is 3520. The maximum atomic E-state index is 7.23. The normalized spacial score (nSPS) is 12.5. The molecule has 0 bridgehead atoms. The van der Waals surface area contributed by atoms with Gasteiger partial charge in [0, 0.05) is 55.1 Å². The fourth-order valence-electron chi connectivity index (χ4n) is 9.98. The van der Waals surface area contributed by atoms with E-state index in [2.05, 4.69) is 232 Å². The summed E-state index contributed by atoms with van der Waals surface area (Å²) in [5.74, 6) is 0. The molecule has 0 aliphatic carbocycles. The van der Waals surface area contributed by atoms with Crippen molar-refractivity contribution < 1.29 is 8.83 Å². The minimum atomic E-state index is 0.0234. The summed E-state index contributed by atoms with van der Waals surface area (Å²) in [7, 11) is 0. The van der Waals surface area contributed by atoms with Crippen molar-refractivity contribution in [1.82, 2.24) is 0 Å². The molecule has 0 saturated carbocycles. The van der Waals surface area contributed by atoms with Gasteiger partial charge in [-0.15, -0.1) is 0 Å². The minimum absolute atomic E-state index is 0.0234. The maximum absolute atomic E-state index is 7.23. The number of fused-ring (bicyclic) bond motifs is 14. The molecular weight excluding hydrogens is 813 g/mol. The average Bonchev–Trinajstić information content (AvgIpc) is 4.07. The molecule has 12 aromatic rings. The van der Waals surface area contributed by atoms with E-state index in [0.29, 0.717) is 0 Å². The number of benzene rings is 9. The number of furan rings is 2. The molecule has 0 aliphatic rings. The second-order valence-corrected chi connectivity index (χ2v) is 20.1. The van der Waals surface area contributed by atoms with Crippen LogP contribution in [0.4, 0.5) is 34.1 Å². The standard InChI is InChI=1S/C60H48N2O2S/c1-59(2,3)37-25-29-41(30-26-37)61(39-17-9-7-10-18-39)49-33-45-47-35-65-36-48(47)46-34-50(62(40-19-11-8-12-20-40)42-31-27-38(28-32-42)60(4,5)6)54-44-22-14-16-24-52(44)64-58(54)56(46)55(45)57-53(49)43-21-13-15-23-51(43)63-57/h7-36H,1-6H3. The third kappa shape index (κ3) is 6.24. The molecule has 9 aromatic carbocycles. The Morgan fingerprint density at radius 1 is 0.354 bits per heavy atom. The van der Waals surface area contributed by atoms with Gasteiger partial charge in [0.1, 0.15) is 22.3 Å². The van der Waals surface area contributed by atoms with Crippen LogP contribution in [0.2, 0.25) is 0 Å². The highest BCUT2D eigenvalue weighted by Crippen LogP contribution is 2.54. The van der Waals surface area contributed by atoms with Crippen LogP contribution in [0, 0.1) is 0 Å². The van der Waals surface area contributed by atoms with Gasteiger partial charge >= 0.3 is 0 Å². The molecule has 0 atom stereocenters. The average molecular weight is 861 g/mol. The predicted molar refractivity (Wildman–Crippen MR) is 278 cm³/mol. The highest BCUT2D eigenvalue weighted by Gasteiger charge is 2.29. The predicted octanol–water partition coefficient (Wildman–Crippen LogP) is 18.5. The zero-order valence-corrected chi connectivity index (χ0v) is 38.3. The van der Waals surface area contributed by atoms with E-state index in [4.69, 9.17) is 8.83 Å². The van der Waals surface area contributed by atoms with Crippen molar-refractivity contribution >= 4 is 122 Å². The topological polar surface area (TPSA) is 32.8 Å². The van der Waals surface area contributed by atoms with Gasteiger partial charge in [0.15, 0.2) is 0 Å². The fourth-order valence-corrected chi connectivity index (χ4v) is 10.8. The zero-order valence-electron chi connectivity index (χ0n) is 37.4. The Morgan fingerprint density at radius 2 is 0.708 bits per heavy atom. The van der Waals surface area contributed by atoms with Crippen LogP contribution in [0.25, 0.3) is 76.2 Å². The smallest absolute Gasteiger partial charge is 0.146 e. The summed E-state index contributed by atoms with van der Waals surface area (Å²) in [6, 6.07) is 61.4. The molecule has 0 aliphatic heterocycles. The number of hydrogen-bond donors (Lipinski definition) is 0. The lowest BCUT2D eigenvalue weighted by Crippen LogP contribution is -2.13. The van der Waals surface area contributed by atoms with E-state index < -0.39 is 0 Å². The Kier molecular flexibility index (Phi) is 8.82. The van der Waals surface area contributed by atoms with Gasteiger partial charge in [0.05, 0.1) is 22.1 Å². The van der Waals surface area contributed by atoms with Gasteiger partial charge in [-0.25, -0.2) is 0 Å². The van der Waals surface area contributed by atoms with E-state index in [0.717, 1.165) is 99.5 Å². The molecule has 0 radical (unpaired) electrons. The van der Waals surface area contributed by atoms with Crippen LogP contribution in [0.15, 0.2) is 189 Å². The van der Waals surface area contributed by atoms with Gasteiger partial charge in [-0.1, -0.05) is 139 Å². The summed E-state index contributed by atoms with van der Waals surface area (Å²) in [5, 5.41) is 15.6. The van der Waals surface area contributed by atoms with Gasteiger partial charge in [-0.2, -0.15) is 11.3 Å². The molecule has 0 spiro atoms. The van der Waals surface area contributed by atoms with E-state index in [1.165, 1.54) is 21.9 Å². The Morgan fingerprint density at radius 3 is 1.09 bits per heavy atom. The number of hydrogen-bond acceptors (Lipinski definition) is 5. The minimum Gasteiger partial charge on any atom is -0.455 e. The van der Waals surface area contributed by atoms with E-state index in [1.54, 1.807) is 11.3 Å². The summed E-state index contributed by atoms with van der Waals surface area (Å²) < 4.78 is 14.5. The number of rotatable bonds is 6. The monoisotopic (exact) mass is 860 g/mol. The molecule has 4 nitrogen and oxygen atoms in total. The highest BCUT2D eigenvalue weighted by atomic mass is 32.1. The van der Waals surface area contributed by atoms with Crippen LogP contribution in [0.3, 0.4) is 0 Å². The van der Waals surface area contributed by atoms with E-state index in [-0.39, 0.29) is 10.8 Å². The van der Waals surface area contributed by atoms with Crippen LogP contribution >= 0.6 is 11.3 Å². The molecule has 5 heteroatoms. The van der Waals surface area contributed by atoms with Crippen molar-refractivity contribution in [1.29, 1.82) is 0 Å². The SMILES string of the molecule is CC(C)(C)c1ccc(N(c2ccccc2)c2cc3c4cscc4c4cc(N(c5ccccc5)c5ccc(C(C)(C)C)cc5)c5c6ccccc6oc5c4c3c3oc4ccccc4c23)cc1. The first-order valence-electron chi connectivity index (χ1n) is 22.5. The van der Waals surface area contributed by atoms with Crippen molar-refractivity contribution in [3.8, 4) is 0 Å². The van der Waals surface area contributed by atoms with E-state index >= 15 is 0 Å². The second kappa shape index (κ2) is 14.6. The number of nitrogens with zero attached hydrogens (tertiary/aromatic N) is 2. The third-order valence-electron chi connectivity index (χ3n) is 13.2. The summed E-state index contributed by atoms with van der Waals surface area (Å²) in [4.78, 5) is 4.81. The lowest BCUT2D eigenvalue weighted by Gasteiger charge is -2.29. The third-order valence-corrected chi connectivity index (χ3v) is 14.0. The zero-order chi connectivity index (χ0) is 44.2. The molecule has 12 rings (SSSR count). The van der Waals surface area contributed by atoms with Gasteiger partial charge in [-0.05, 0) is 116 Å². The van der Waals surface area contributed by atoms with E-state index in [9.17, 15) is 0 Å². The molecule has 316 valence electrons. The van der Waals surface area contributed by atoms with Gasteiger partial charge in [0.2, 0.25) is 0 Å².